The van der Waals surface area contributed by atoms with E-state index in [9.17, 15) is 4.39 Å². The van der Waals surface area contributed by atoms with E-state index in [1.165, 1.54) is 12.3 Å². The molecule has 17 heavy (non-hydrogen) atoms. The molecule has 0 radical (unpaired) electrons. The lowest BCUT2D eigenvalue weighted by atomic mass is 10.2. The maximum absolute atomic E-state index is 13.7. The van der Waals surface area contributed by atoms with E-state index in [4.69, 9.17) is 9.84 Å². The van der Waals surface area contributed by atoms with Gasteiger partial charge in [0.1, 0.15) is 5.75 Å². The molecule has 1 aromatic heterocycles. The Bertz CT molecular complexity index is 516. The van der Waals surface area contributed by atoms with Gasteiger partial charge in [-0.3, -0.25) is 0 Å². The van der Waals surface area contributed by atoms with E-state index >= 15 is 0 Å². The van der Waals surface area contributed by atoms with Crippen LogP contribution in [0.4, 0.5) is 4.39 Å². The summed E-state index contributed by atoms with van der Waals surface area (Å²) in [4.78, 5) is 3.79. The van der Waals surface area contributed by atoms with Gasteiger partial charge < -0.3 is 9.84 Å². The van der Waals surface area contributed by atoms with Gasteiger partial charge in [0.05, 0.1) is 6.61 Å². The van der Waals surface area contributed by atoms with Crippen LogP contribution < -0.4 is 4.74 Å². The lowest BCUT2D eigenvalue weighted by Crippen LogP contribution is -1.97. The first-order chi connectivity index (χ1) is 8.20. The molecule has 0 fully saturated rings. The summed E-state index contributed by atoms with van der Waals surface area (Å²) in [6.07, 6.45) is 1.40. The first kappa shape index (κ1) is 12.3. The number of aromatic nitrogens is 1. The van der Waals surface area contributed by atoms with E-state index in [0.717, 1.165) is 3.57 Å². The number of benzene rings is 1. The quantitative estimate of drug-likeness (QED) is 0.870. The molecule has 0 amide bonds. The predicted octanol–water partition coefficient (Wildman–Crippen LogP) is 3.11. The van der Waals surface area contributed by atoms with Crippen LogP contribution in [0.15, 0.2) is 36.5 Å². The Hall–Kier alpha value is -1.21. The molecule has 0 aliphatic heterocycles. The standard InChI is InChI=1S/C12H9FINO2/c13-11-8(7-16)5-6-15-12(11)17-10-3-1-9(14)2-4-10/h1-6,16H,7H2. The smallest absolute Gasteiger partial charge is 0.256 e. The second-order valence-corrected chi connectivity index (χ2v) is 4.55. The molecular formula is C12H9FINO2. The van der Waals surface area contributed by atoms with Crippen LogP contribution in [0.2, 0.25) is 0 Å². The topological polar surface area (TPSA) is 42.4 Å². The van der Waals surface area contributed by atoms with E-state index in [1.54, 1.807) is 12.1 Å². The Morgan fingerprint density at radius 1 is 1.24 bits per heavy atom. The summed E-state index contributed by atoms with van der Waals surface area (Å²) in [5.74, 6) is -0.252. The van der Waals surface area contributed by atoms with E-state index in [2.05, 4.69) is 27.6 Å². The lowest BCUT2D eigenvalue weighted by molar-refractivity contribution is 0.273. The van der Waals surface area contributed by atoms with Crippen LogP contribution in [-0.4, -0.2) is 10.1 Å². The third kappa shape index (κ3) is 2.92. The summed E-state index contributed by atoms with van der Waals surface area (Å²) < 4.78 is 20.1. The Morgan fingerprint density at radius 2 is 1.94 bits per heavy atom. The average molecular weight is 345 g/mol. The first-order valence-corrected chi connectivity index (χ1v) is 5.96. The minimum atomic E-state index is -0.631. The monoisotopic (exact) mass is 345 g/mol. The molecule has 2 aromatic rings. The van der Waals surface area contributed by atoms with E-state index in [0.29, 0.717) is 5.75 Å². The molecule has 1 aromatic carbocycles. The van der Waals surface area contributed by atoms with Gasteiger partial charge in [0.15, 0.2) is 5.82 Å². The summed E-state index contributed by atoms with van der Waals surface area (Å²) in [5, 5.41) is 8.92. The molecule has 0 atom stereocenters. The molecule has 88 valence electrons. The average Bonchev–Trinajstić information content (AvgIpc) is 2.35. The maximum Gasteiger partial charge on any atom is 0.256 e. The second kappa shape index (κ2) is 5.42. The molecule has 0 bridgehead atoms. The number of hydrogen-bond acceptors (Lipinski definition) is 3. The molecule has 3 nitrogen and oxygen atoms in total. The predicted molar refractivity (Wildman–Crippen MR) is 69.4 cm³/mol. The largest absolute Gasteiger partial charge is 0.436 e. The van der Waals surface area contributed by atoms with Gasteiger partial charge in [-0.2, -0.15) is 0 Å². The number of nitrogens with zero attached hydrogens (tertiary/aromatic N) is 1. The molecule has 1 heterocycles. The zero-order valence-electron chi connectivity index (χ0n) is 8.73. The molecule has 2 rings (SSSR count). The summed E-state index contributed by atoms with van der Waals surface area (Å²) in [5.41, 5.74) is 0.167. The van der Waals surface area contributed by atoms with Crippen LogP contribution in [0.5, 0.6) is 11.6 Å². The number of rotatable bonds is 3. The van der Waals surface area contributed by atoms with Gasteiger partial charge in [-0.25, -0.2) is 9.37 Å². The molecule has 0 aliphatic carbocycles. The molecule has 0 unspecified atom stereocenters. The van der Waals surface area contributed by atoms with Crippen LogP contribution in [-0.2, 0) is 6.61 Å². The van der Waals surface area contributed by atoms with Crippen LogP contribution in [0.1, 0.15) is 5.56 Å². The van der Waals surface area contributed by atoms with Crippen LogP contribution in [0.25, 0.3) is 0 Å². The van der Waals surface area contributed by atoms with E-state index in [1.807, 2.05) is 12.1 Å². The summed E-state index contributed by atoms with van der Waals surface area (Å²) in [6, 6.07) is 8.58. The highest BCUT2D eigenvalue weighted by molar-refractivity contribution is 14.1. The minimum absolute atomic E-state index is 0.127. The van der Waals surface area contributed by atoms with Crippen molar-refractivity contribution in [2.75, 3.05) is 0 Å². The van der Waals surface area contributed by atoms with E-state index < -0.39 is 5.82 Å². The fourth-order valence-electron chi connectivity index (χ4n) is 1.27. The number of halogens is 2. The third-order valence-corrected chi connectivity index (χ3v) is 2.85. The van der Waals surface area contributed by atoms with Crippen molar-refractivity contribution < 1.29 is 14.2 Å². The van der Waals surface area contributed by atoms with Crippen molar-refractivity contribution in [3.05, 3.63) is 51.5 Å². The van der Waals surface area contributed by atoms with Crippen molar-refractivity contribution in [1.82, 2.24) is 4.98 Å². The molecule has 0 saturated heterocycles. The summed E-state index contributed by atoms with van der Waals surface area (Å²) in [7, 11) is 0. The fraction of sp³-hybridized carbons (Fsp3) is 0.0833. The zero-order valence-corrected chi connectivity index (χ0v) is 10.9. The molecule has 5 heteroatoms. The summed E-state index contributed by atoms with van der Waals surface area (Å²) >= 11 is 2.17. The van der Waals surface area contributed by atoms with Gasteiger partial charge in [0.25, 0.3) is 5.88 Å². The number of ether oxygens (including phenoxy) is 1. The Balaban J connectivity index is 2.27. The first-order valence-electron chi connectivity index (χ1n) is 4.88. The molecule has 0 spiro atoms. The van der Waals surface area contributed by atoms with Crippen LogP contribution in [0, 0.1) is 9.39 Å². The SMILES string of the molecule is OCc1ccnc(Oc2ccc(I)cc2)c1F. The van der Waals surface area contributed by atoms with Crippen LogP contribution in [0.3, 0.4) is 0 Å². The second-order valence-electron chi connectivity index (χ2n) is 3.30. The van der Waals surface area contributed by atoms with E-state index in [-0.39, 0.29) is 18.1 Å². The minimum Gasteiger partial charge on any atom is -0.436 e. The normalized spacial score (nSPS) is 10.3. The Labute approximate surface area is 111 Å². The number of aliphatic hydroxyl groups excluding tert-OH is 1. The highest BCUT2D eigenvalue weighted by atomic mass is 127. The zero-order chi connectivity index (χ0) is 12.3. The number of pyridine rings is 1. The van der Waals surface area contributed by atoms with Gasteiger partial charge in [0.2, 0.25) is 0 Å². The van der Waals surface area contributed by atoms with Crippen molar-refractivity contribution in [1.29, 1.82) is 0 Å². The van der Waals surface area contributed by atoms with Gasteiger partial charge in [-0.05, 0) is 52.9 Å². The van der Waals surface area contributed by atoms with Crippen LogP contribution >= 0.6 is 22.6 Å². The van der Waals surface area contributed by atoms with Crippen molar-refractivity contribution >= 4 is 22.6 Å². The summed E-state index contributed by atoms with van der Waals surface area (Å²) in [6.45, 7) is -0.378. The highest BCUT2D eigenvalue weighted by Crippen LogP contribution is 2.24. The Morgan fingerprint density at radius 3 is 2.59 bits per heavy atom. The van der Waals surface area contributed by atoms with Crippen molar-refractivity contribution in [3.8, 4) is 11.6 Å². The highest BCUT2D eigenvalue weighted by Gasteiger charge is 2.10. The third-order valence-electron chi connectivity index (χ3n) is 2.14. The fourth-order valence-corrected chi connectivity index (χ4v) is 1.63. The van der Waals surface area contributed by atoms with Gasteiger partial charge in [-0.1, -0.05) is 0 Å². The lowest BCUT2D eigenvalue weighted by Gasteiger charge is -2.07. The number of hydrogen-bond donors (Lipinski definition) is 1. The molecule has 1 N–H and O–H groups in total. The van der Waals surface area contributed by atoms with Gasteiger partial charge in [-0.15, -0.1) is 0 Å². The maximum atomic E-state index is 13.7. The Kier molecular flexibility index (Phi) is 3.90. The van der Waals surface area contributed by atoms with Gasteiger partial charge >= 0.3 is 0 Å². The van der Waals surface area contributed by atoms with Crippen molar-refractivity contribution in [2.45, 2.75) is 6.61 Å². The molecule has 0 aliphatic rings. The number of aliphatic hydroxyl groups is 1. The molecular weight excluding hydrogens is 336 g/mol. The van der Waals surface area contributed by atoms with Gasteiger partial charge in [0, 0.05) is 15.3 Å². The van der Waals surface area contributed by atoms with Crippen molar-refractivity contribution in [3.63, 3.8) is 0 Å². The molecule has 0 saturated carbocycles. The van der Waals surface area contributed by atoms with Crippen molar-refractivity contribution in [2.24, 2.45) is 0 Å².